The van der Waals surface area contributed by atoms with Gasteiger partial charge in [-0.15, -0.1) is 0 Å². The molecule has 2 aromatic carbocycles. The molecule has 4 nitrogen and oxygen atoms in total. The van der Waals surface area contributed by atoms with E-state index in [1.54, 1.807) is 23.2 Å². The first kappa shape index (κ1) is 14.9. The molecule has 0 spiro atoms. The van der Waals surface area contributed by atoms with Gasteiger partial charge in [-0.1, -0.05) is 48.5 Å². The monoisotopic (exact) mass is 305 g/mol. The highest BCUT2D eigenvalue weighted by Gasteiger charge is 2.13. The number of carbonyl (C=O) groups is 1. The number of benzene rings is 2. The molecule has 0 fully saturated rings. The van der Waals surface area contributed by atoms with Crippen molar-refractivity contribution in [3.8, 4) is 11.6 Å². The first-order valence-corrected chi connectivity index (χ1v) is 7.39. The zero-order chi connectivity index (χ0) is 16.1. The van der Waals surface area contributed by atoms with Gasteiger partial charge in [-0.05, 0) is 18.6 Å². The molecule has 3 rings (SSSR count). The van der Waals surface area contributed by atoms with Gasteiger partial charge in [-0.3, -0.25) is 4.79 Å². The lowest BCUT2D eigenvalue weighted by molar-refractivity contribution is -0.683. The molecule has 3 aromatic rings. The summed E-state index contributed by atoms with van der Waals surface area (Å²) in [6, 6.07) is 17.0. The SMILES string of the molecule is Cc1ccccc1Oc1c[n+](CC(=O)c2ccccc2)ccn1. The summed E-state index contributed by atoms with van der Waals surface area (Å²) < 4.78 is 7.57. The van der Waals surface area contributed by atoms with Gasteiger partial charge in [0.05, 0.1) is 6.20 Å². The van der Waals surface area contributed by atoms with Crippen molar-refractivity contribution in [3.05, 3.63) is 84.3 Å². The molecule has 23 heavy (non-hydrogen) atoms. The van der Waals surface area contributed by atoms with Crippen LogP contribution >= 0.6 is 0 Å². The van der Waals surface area contributed by atoms with Crippen LogP contribution in [0.3, 0.4) is 0 Å². The molecule has 0 aliphatic rings. The molecule has 0 atom stereocenters. The number of hydrogen-bond donors (Lipinski definition) is 0. The van der Waals surface area contributed by atoms with Crippen LogP contribution in [0.5, 0.6) is 11.6 Å². The fourth-order valence-electron chi connectivity index (χ4n) is 2.23. The molecule has 1 aromatic heterocycles. The van der Waals surface area contributed by atoms with E-state index in [1.165, 1.54) is 0 Å². The number of Topliss-reactive ketones (excluding diaryl/α,β-unsaturated/α-hetero) is 1. The number of rotatable bonds is 5. The van der Waals surface area contributed by atoms with Crippen LogP contribution in [0.4, 0.5) is 0 Å². The van der Waals surface area contributed by atoms with Crippen LogP contribution in [0.2, 0.25) is 0 Å². The Hall–Kier alpha value is -3.01. The van der Waals surface area contributed by atoms with Crippen LogP contribution in [0.15, 0.2) is 73.2 Å². The largest absolute Gasteiger partial charge is 0.434 e. The Labute approximate surface area is 135 Å². The summed E-state index contributed by atoms with van der Waals surface area (Å²) in [6.45, 7) is 2.22. The van der Waals surface area contributed by atoms with Crippen LogP contribution in [0, 0.1) is 6.92 Å². The molecule has 0 unspecified atom stereocenters. The normalized spacial score (nSPS) is 10.3. The molecule has 0 aliphatic carbocycles. The smallest absolute Gasteiger partial charge is 0.285 e. The maximum absolute atomic E-state index is 12.3. The number of aromatic nitrogens is 2. The predicted octanol–water partition coefficient (Wildman–Crippen LogP) is 3.35. The van der Waals surface area contributed by atoms with E-state index in [-0.39, 0.29) is 12.3 Å². The van der Waals surface area contributed by atoms with E-state index in [1.807, 2.05) is 61.5 Å². The molecule has 0 N–H and O–H groups in total. The molecular formula is C19H17N2O2+. The maximum atomic E-state index is 12.3. The van der Waals surface area contributed by atoms with Crippen LogP contribution < -0.4 is 9.30 Å². The van der Waals surface area contributed by atoms with Gasteiger partial charge in [0.2, 0.25) is 18.5 Å². The average molecular weight is 305 g/mol. The Morgan fingerprint density at radius 1 is 1.09 bits per heavy atom. The van der Waals surface area contributed by atoms with Crippen LogP contribution in [0.25, 0.3) is 0 Å². The van der Waals surface area contributed by atoms with Crippen molar-refractivity contribution in [2.75, 3.05) is 0 Å². The Kier molecular flexibility index (Phi) is 4.43. The predicted molar refractivity (Wildman–Crippen MR) is 86.5 cm³/mol. The topological polar surface area (TPSA) is 43.1 Å². The van der Waals surface area contributed by atoms with E-state index in [9.17, 15) is 4.79 Å². The van der Waals surface area contributed by atoms with Crippen molar-refractivity contribution < 1.29 is 14.1 Å². The van der Waals surface area contributed by atoms with Crippen molar-refractivity contribution in [3.63, 3.8) is 0 Å². The second-order valence-electron chi connectivity index (χ2n) is 5.22. The van der Waals surface area contributed by atoms with Crippen LogP contribution in [-0.4, -0.2) is 10.8 Å². The third kappa shape index (κ3) is 3.80. The Morgan fingerprint density at radius 2 is 1.83 bits per heavy atom. The lowest BCUT2D eigenvalue weighted by Crippen LogP contribution is -2.37. The highest BCUT2D eigenvalue weighted by Crippen LogP contribution is 2.21. The van der Waals surface area contributed by atoms with E-state index in [0.717, 1.165) is 11.3 Å². The van der Waals surface area contributed by atoms with Gasteiger partial charge < -0.3 is 4.74 Å². The standard InChI is InChI=1S/C19H17N2O2/c1-15-7-5-6-10-18(15)23-19-14-21(12-11-20-19)13-17(22)16-8-3-2-4-9-16/h2-12,14H,13H2,1H3/q+1. The fraction of sp³-hybridized carbons (Fsp3) is 0.105. The lowest BCUT2D eigenvalue weighted by atomic mass is 10.1. The number of para-hydroxylation sites is 1. The summed E-state index contributed by atoms with van der Waals surface area (Å²) in [7, 11) is 0. The van der Waals surface area contributed by atoms with Gasteiger partial charge in [0.1, 0.15) is 5.75 Å². The van der Waals surface area contributed by atoms with Gasteiger partial charge in [0.15, 0.2) is 6.20 Å². The molecule has 0 saturated carbocycles. The fourth-order valence-corrected chi connectivity index (χ4v) is 2.23. The third-order valence-electron chi connectivity index (χ3n) is 3.47. The minimum Gasteiger partial charge on any atom is -0.434 e. The first-order valence-electron chi connectivity index (χ1n) is 7.39. The van der Waals surface area contributed by atoms with Gasteiger partial charge in [0.25, 0.3) is 5.88 Å². The minimum absolute atomic E-state index is 0.0450. The number of hydrogen-bond acceptors (Lipinski definition) is 3. The summed E-state index contributed by atoms with van der Waals surface area (Å²) in [6.07, 6.45) is 5.12. The highest BCUT2D eigenvalue weighted by molar-refractivity contribution is 5.94. The lowest BCUT2D eigenvalue weighted by Gasteiger charge is -2.06. The molecule has 0 amide bonds. The molecular weight excluding hydrogens is 288 g/mol. The molecule has 4 heteroatoms. The summed E-state index contributed by atoms with van der Waals surface area (Å²) in [5.41, 5.74) is 1.73. The van der Waals surface area contributed by atoms with Gasteiger partial charge in [0, 0.05) is 5.56 Å². The van der Waals surface area contributed by atoms with Crippen molar-refractivity contribution in [1.29, 1.82) is 0 Å². The zero-order valence-corrected chi connectivity index (χ0v) is 12.8. The summed E-state index contributed by atoms with van der Waals surface area (Å²) in [5.74, 6) is 1.26. The average Bonchev–Trinajstić information content (AvgIpc) is 2.58. The van der Waals surface area contributed by atoms with Crippen molar-refractivity contribution >= 4 is 5.78 Å². The zero-order valence-electron chi connectivity index (χ0n) is 12.8. The second kappa shape index (κ2) is 6.83. The van der Waals surface area contributed by atoms with E-state index < -0.39 is 0 Å². The number of carbonyl (C=O) groups excluding carboxylic acids is 1. The number of nitrogens with zero attached hydrogens (tertiary/aromatic N) is 2. The van der Waals surface area contributed by atoms with Gasteiger partial charge in [-0.2, -0.15) is 4.57 Å². The minimum atomic E-state index is 0.0450. The maximum Gasteiger partial charge on any atom is 0.285 e. The van der Waals surface area contributed by atoms with Crippen molar-refractivity contribution in [2.45, 2.75) is 13.5 Å². The van der Waals surface area contributed by atoms with E-state index in [2.05, 4.69) is 4.98 Å². The number of ether oxygens (including phenoxy) is 1. The molecule has 0 radical (unpaired) electrons. The number of ketones is 1. The highest BCUT2D eigenvalue weighted by atomic mass is 16.5. The van der Waals surface area contributed by atoms with Crippen LogP contribution in [0.1, 0.15) is 15.9 Å². The third-order valence-corrected chi connectivity index (χ3v) is 3.47. The quantitative estimate of drug-likeness (QED) is 0.536. The van der Waals surface area contributed by atoms with E-state index in [4.69, 9.17) is 4.74 Å². The second-order valence-corrected chi connectivity index (χ2v) is 5.22. The van der Waals surface area contributed by atoms with Crippen LogP contribution in [-0.2, 0) is 6.54 Å². The van der Waals surface area contributed by atoms with Crippen molar-refractivity contribution in [1.82, 2.24) is 4.98 Å². The first-order chi connectivity index (χ1) is 11.2. The van der Waals surface area contributed by atoms with E-state index in [0.29, 0.717) is 11.4 Å². The van der Waals surface area contributed by atoms with Crippen molar-refractivity contribution in [2.24, 2.45) is 0 Å². The summed E-state index contributed by atoms with van der Waals surface area (Å²) >= 11 is 0. The summed E-state index contributed by atoms with van der Waals surface area (Å²) in [4.78, 5) is 16.5. The Bertz CT molecular complexity index is 816. The van der Waals surface area contributed by atoms with E-state index >= 15 is 0 Å². The Morgan fingerprint density at radius 3 is 2.61 bits per heavy atom. The van der Waals surface area contributed by atoms with Gasteiger partial charge in [-0.25, -0.2) is 4.98 Å². The molecule has 0 saturated heterocycles. The number of aryl methyl sites for hydroxylation is 1. The molecule has 114 valence electrons. The molecule has 0 aliphatic heterocycles. The summed E-state index contributed by atoms with van der Waals surface area (Å²) in [5, 5.41) is 0. The molecule has 1 heterocycles. The van der Waals surface area contributed by atoms with Gasteiger partial charge >= 0.3 is 0 Å². The Balaban J connectivity index is 1.75. The molecule has 0 bridgehead atoms.